The van der Waals surface area contributed by atoms with Crippen molar-refractivity contribution >= 4 is 17.5 Å². The van der Waals surface area contributed by atoms with Gasteiger partial charge >= 0.3 is 6.18 Å². The average molecular weight is 387 g/mol. The molecule has 0 saturated carbocycles. The number of alkyl halides is 3. The van der Waals surface area contributed by atoms with Crippen molar-refractivity contribution in [2.75, 3.05) is 19.7 Å². The summed E-state index contributed by atoms with van der Waals surface area (Å²) >= 11 is 5.76. The number of carbonyl (C=O) groups is 1. The first kappa shape index (κ1) is 18.3. The molecule has 0 aliphatic carbocycles. The SMILES string of the molecule is O=C(COc1ccc(Cl)cc1)N1CC(Oc2ccc(C(F)(F)F)cn2)C1. The van der Waals surface area contributed by atoms with Gasteiger partial charge in [-0.05, 0) is 30.3 Å². The molecule has 1 amide bonds. The van der Waals surface area contributed by atoms with Crippen LogP contribution in [0.15, 0.2) is 42.6 Å². The Morgan fingerprint density at radius 1 is 1.19 bits per heavy atom. The lowest BCUT2D eigenvalue weighted by atomic mass is 10.1. The van der Waals surface area contributed by atoms with Crippen LogP contribution < -0.4 is 9.47 Å². The van der Waals surface area contributed by atoms with Crippen LogP contribution in [-0.2, 0) is 11.0 Å². The van der Waals surface area contributed by atoms with Gasteiger partial charge in [0, 0.05) is 17.3 Å². The second kappa shape index (κ2) is 7.41. The number of halogens is 4. The summed E-state index contributed by atoms with van der Waals surface area (Å²) in [5.74, 6) is 0.415. The molecule has 0 spiro atoms. The Bertz CT molecular complexity index is 760. The number of hydrogen-bond donors (Lipinski definition) is 0. The predicted octanol–water partition coefficient (Wildman–Crippen LogP) is 3.42. The van der Waals surface area contributed by atoms with Crippen LogP contribution in [0.4, 0.5) is 13.2 Å². The van der Waals surface area contributed by atoms with Crippen LogP contribution in [0.3, 0.4) is 0 Å². The number of aromatic nitrogens is 1. The quantitative estimate of drug-likeness (QED) is 0.790. The minimum absolute atomic E-state index is 0.0903. The highest BCUT2D eigenvalue weighted by molar-refractivity contribution is 6.30. The summed E-state index contributed by atoms with van der Waals surface area (Å²) in [4.78, 5) is 17.2. The molecule has 2 aromatic rings. The number of pyridine rings is 1. The summed E-state index contributed by atoms with van der Waals surface area (Å²) in [5, 5.41) is 0.572. The molecule has 1 aliphatic heterocycles. The summed E-state index contributed by atoms with van der Waals surface area (Å²) in [7, 11) is 0. The second-order valence-corrected chi connectivity index (χ2v) is 6.10. The van der Waals surface area contributed by atoms with E-state index >= 15 is 0 Å². The molecule has 3 rings (SSSR count). The number of nitrogens with zero attached hydrogens (tertiary/aromatic N) is 2. The van der Waals surface area contributed by atoms with Gasteiger partial charge < -0.3 is 14.4 Å². The Morgan fingerprint density at radius 2 is 1.88 bits per heavy atom. The topological polar surface area (TPSA) is 51.7 Å². The van der Waals surface area contributed by atoms with Crippen LogP contribution in [-0.4, -0.2) is 41.6 Å². The molecule has 0 bridgehead atoms. The van der Waals surface area contributed by atoms with Crippen molar-refractivity contribution in [3.8, 4) is 11.6 Å². The van der Waals surface area contributed by atoms with Gasteiger partial charge in [0.1, 0.15) is 11.9 Å². The molecule has 0 N–H and O–H groups in total. The lowest BCUT2D eigenvalue weighted by Gasteiger charge is -2.38. The van der Waals surface area contributed by atoms with Gasteiger partial charge in [-0.25, -0.2) is 4.98 Å². The lowest BCUT2D eigenvalue weighted by molar-refractivity contribution is -0.142. The fraction of sp³-hybridized carbons (Fsp3) is 0.294. The lowest BCUT2D eigenvalue weighted by Crippen LogP contribution is -2.57. The maximum Gasteiger partial charge on any atom is 0.417 e. The minimum atomic E-state index is -4.44. The molecular formula is C17H14ClF3N2O3. The van der Waals surface area contributed by atoms with Crippen LogP contribution in [0, 0.1) is 0 Å². The normalized spacial score (nSPS) is 14.7. The van der Waals surface area contributed by atoms with E-state index in [0.29, 0.717) is 23.9 Å². The first-order valence-electron chi connectivity index (χ1n) is 7.67. The number of carbonyl (C=O) groups excluding carboxylic acids is 1. The molecule has 1 saturated heterocycles. The molecule has 0 radical (unpaired) electrons. The fourth-order valence-corrected chi connectivity index (χ4v) is 2.40. The number of rotatable bonds is 5. The highest BCUT2D eigenvalue weighted by Gasteiger charge is 2.33. The highest BCUT2D eigenvalue weighted by atomic mass is 35.5. The number of amides is 1. The molecule has 2 heterocycles. The molecule has 26 heavy (non-hydrogen) atoms. The molecule has 1 aliphatic rings. The smallest absolute Gasteiger partial charge is 0.417 e. The van der Waals surface area contributed by atoms with Gasteiger partial charge in [-0.15, -0.1) is 0 Å². The van der Waals surface area contributed by atoms with Crippen LogP contribution in [0.25, 0.3) is 0 Å². The van der Waals surface area contributed by atoms with Crippen molar-refractivity contribution in [1.82, 2.24) is 9.88 Å². The minimum Gasteiger partial charge on any atom is -0.484 e. The fourth-order valence-electron chi connectivity index (χ4n) is 2.27. The zero-order valence-electron chi connectivity index (χ0n) is 13.4. The third-order valence-electron chi connectivity index (χ3n) is 3.73. The number of benzene rings is 1. The van der Waals surface area contributed by atoms with Crippen LogP contribution in [0.1, 0.15) is 5.56 Å². The summed E-state index contributed by atoms with van der Waals surface area (Å²) in [6.45, 7) is 0.532. The van der Waals surface area contributed by atoms with E-state index in [2.05, 4.69) is 4.98 Å². The number of hydrogen-bond acceptors (Lipinski definition) is 4. The third kappa shape index (κ3) is 4.57. The predicted molar refractivity (Wildman–Crippen MR) is 87.2 cm³/mol. The zero-order chi connectivity index (χ0) is 18.7. The van der Waals surface area contributed by atoms with Crippen molar-refractivity contribution in [2.45, 2.75) is 12.3 Å². The Morgan fingerprint density at radius 3 is 2.46 bits per heavy atom. The van der Waals surface area contributed by atoms with Gasteiger partial charge in [0.05, 0.1) is 18.7 Å². The Kier molecular flexibility index (Phi) is 5.22. The molecular weight excluding hydrogens is 373 g/mol. The molecule has 5 nitrogen and oxygen atoms in total. The molecule has 1 aromatic carbocycles. The molecule has 1 aromatic heterocycles. The van der Waals surface area contributed by atoms with Crippen LogP contribution in [0.5, 0.6) is 11.6 Å². The third-order valence-corrected chi connectivity index (χ3v) is 3.98. The Balaban J connectivity index is 1.42. The maximum atomic E-state index is 12.5. The van der Waals surface area contributed by atoms with Gasteiger partial charge in [0.2, 0.25) is 5.88 Å². The van der Waals surface area contributed by atoms with Crippen LogP contribution >= 0.6 is 11.6 Å². The molecule has 9 heteroatoms. The van der Waals surface area contributed by atoms with Crippen molar-refractivity contribution in [3.63, 3.8) is 0 Å². The molecule has 0 unspecified atom stereocenters. The van der Waals surface area contributed by atoms with E-state index < -0.39 is 11.7 Å². The highest BCUT2D eigenvalue weighted by Crippen LogP contribution is 2.29. The van der Waals surface area contributed by atoms with Gasteiger partial charge in [-0.2, -0.15) is 13.2 Å². The summed E-state index contributed by atoms with van der Waals surface area (Å²) < 4.78 is 48.2. The number of ether oxygens (including phenoxy) is 2. The first-order chi connectivity index (χ1) is 12.3. The van der Waals surface area contributed by atoms with Gasteiger partial charge in [0.15, 0.2) is 6.61 Å². The van der Waals surface area contributed by atoms with Crippen molar-refractivity contribution in [2.24, 2.45) is 0 Å². The summed E-state index contributed by atoms with van der Waals surface area (Å²) in [6.07, 6.45) is -4.02. The largest absolute Gasteiger partial charge is 0.484 e. The second-order valence-electron chi connectivity index (χ2n) is 5.66. The zero-order valence-corrected chi connectivity index (χ0v) is 14.1. The monoisotopic (exact) mass is 386 g/mol. The van der Waals surface area contributed by atoms with E-state index in [1.807, 2.05) is 0 Å². The van der Waals surface area contributed by atoms with Crippen molar-refractivity contribution in [1.29, 1.82) is 0 Å². The van der Waals surface area contributed by atoms with Gasteiger partial charge in [0.25, 0.3) is 5.91 Å². The molecule has 138 valence electrons. The van der Waals surface area contributed by atoms with Gasteiger partial charge in [-0.1, -0.05) is 11.6 Å². The van der Waals surface area contributed by atoms with E-state index in [1.165, 1.54) is 4.90 Å². The van der Waals surface area contributed by atoms with Crippen LogP contribution in [0.2, 0.25) is 5.02 Å². The molecule has 0 atom stereocenters. The van der Waals surface area contributed by atoms with Gasteiger partial charge in [-0.3, -0.25) is 4.79 Å². The van der Waals surface area contributed by atoms with E-state index in [-0.39, 0.29) is 24.5 Å². The standard InChI is InChI=1S/C17H14ClF3N2O3/c18-12-2-4-13(5-3-12)25-10-16(24)23-8-14(9-23)26-15-6-1-11(7-22-15)17(19,20)21/h1-7,14H,8-10H2. The van der Waals surface area contributed by atoms with E-state index in [0.717, 1.165) is 18.3 Å². The summed E-state index contributed by atoms with van der Waals surface area (Å²) in [6, 6.07) is 8.71. The Labute approximate surface area is 152 Å². The maximum absolute atomic E-state index is 12.5. The van der Waals surface area contributed by atoms with Crippen molar-refractivity contribution in [3.05, 3.63) is 53.2 Å². The van der Waals surface area contributed by atoms with E-state index in [9.17, 15) is 18.0 Å². The molecule has 1 fully saturated rings. The first-order valence-corrected chi connectivity index (χ1v) is 8.05. The van der Waals surface area contributed by atoms with E-state index in [1.54, 1.807) is 24.3 Å². The number of likely N-dealkylation sites (tertiary alicyclic amines) is 1. The summed E-state index contributed by atoms with van der Waals surface area (Å²) in [5.41, 5.74) is -0.838. The Hall–Kier alpha value is -2.48. The van der Waals surface area contributed by atoms with Crippen molar-refractivity contribution < 1.29 is 27.4 Å². The average Bonchev–Trinajstić information content (AvgIpc) is 2.56. The van der Waals surface area contributed by atoms with E-state index in [4.69, 9.17) is 21.1 Å².